The molecule has 0 spiro atoms. The Kier molecular flexibility index (Phi) is 5.29. The van der Waals surface area contributed by atoms with Crippen LogP contribution in [-0.2, 0) is 34.4 Å². The van der Waals surface area contributed by atoms with Crippen LogP contribution in [-0.4, -0.2) is 33.9 Å². The maximum Gasteiger partial charge on any atom is 0.400 e. The Labute approximate surface area is 158 Å². The Morgan fingerprint density at radius 2 is 1.96 bits per heavy atom. The number of aromatic nitrogens is 4. The molecule has 0 aliphatic heterocycles. The van der Waals surface area contributed by atoms with Crippen LogP contribution >= 0.6 is 11.6 Å². The predicted molar refractivity (Wildman–Crippen MR) is 93.9 cm³/mol. The molecule has 0 amide bonds. The van der Waals surface area contributed by atoms with Gasteiger partial charge in [0.1, 0.15) is 0 Å². The normalized spacial score (nSPS) is 12.4. The van der Waals surface area contributed by atoms with Crippen molar-refractivity contribution in [1.82, 2.24) is 19.7 Å². The Balaban J connectivity index is 1.63. The molecule has 2 aromatic heterocycles. The number of alkyl halides is 3. The molecule has 0 aliphatic carbocycles. The monoisotopic (exact) mass is 416 g/mol. The molecular formula is C16H15ClF2N4O3S. The van der Waals surface area contributed by atoms with Gasteiger partial charge in [-0.2, -0.15) is 13.8 Å². The third kappa shape index (κ3) is 5.10. The first-order valence-corrected chi connectivity index (χ1v) is 10.00. The molecule has 0 N–H and O–H groups in total. The van der Waals surface area contributed by atoms with Gasteiger partial charge in [0.05, 0.1) is 23.5 Å². The third-order valence-corrected chi connectivity index (χ3v) is 5.43. The van der Waals surface area contributed by atoms with Crippen LogP contribution in [0, 0.1) is 0 Å². The second-order valence-electron chi connectivity index (χ2n) is 5.99. The lowest BCUT2D eigenvalue weighted by molar-refractivity contribution is 0.0551. The van der Waals surface area contributed by atoms with Gasteiger partial charge in [0.25, 0.3) is 0 Å². The van der Waals surface area contributed by atoms with Gasteiger partial charge in [-0.1, -0.05) is 29.4 Å². The highest BCUT2D eigenvalue weighted by Crippen LogP contribution is 2.32. The minimum Gasteiger partial charge on any atom is -0.340 e. The van der Waals surface area contributed by atoms with Crippen LogP contribution < -0.4 is 0 Å². The Bertz CT molecular complexity index is 1030. The molecule has 0 radical (unpaired) electrons. The van der Waals surface area contributed by atoms with Gasteiger partial charge in [0.15, 0.2) is 9.84 Å². The van der Waals surface area contributed by atoms with Gasteiger partial charge in [-0.3, -0.25) is 0 Å². The van der Waals surface area contributed by atoms with Crippen molar-refractivity contribution in [1.29, 1.82) is 0 Å². The maximum absolute atomic E-state index is 12.9. The van der Waals surface area contributed by atoms with E-state index in [1.165, 1.54) is 0 Å². The lowest BCUT2D eigenvalue weighted by Crippen LogP contribution is -2.11. The first-order valence-electron chi connectivity index (χ1n) is 7.80. The van der Waals surface area contributed by atoms with Gasteiger partial charge >= 0.3 is 11.3 Å². The summed E-state index contributed by atoms with van der Waals surface area (Å²) < 4.78 is 56.4. The van der Waals surface area contributed by atoms with E-state index in [1.807, 2.05) is 0 Å². The van der Waals surface area contributed by atoms with Crippen LogP contribution in [0.25, 0.3) is 11.4 Å². The van der Waals surface area contributed by atoms with Crippen molar-refractivity contribution < 1.29 is 21.7 Å². The van der Waals surface area contributed by atoms with E-state index in [1.54, 1.807) is 48.4 Å². The third-order valence-electron chi connectivity index (χ3n) is 3.71. The molecule has 0 atom stereocenters. The van der Waals surface area contributed by atoms with E-state index >= 15 is 0 Å². The van der Waals surface area contributed by atoms with Crippen LogP contribution in [0.1, 0.15) is 17.1 Å². The fraction of sp³-hybridized carbons (Fsp3) is 0.312. The van der Waals surface area contributed by atoms with E-state index in [-0.39, 0.29) is 17.3 Å². The summed E-state index contributed by atoms with van der Waals surface area (Å²) in [6, 6.07) is 6.56. The van der Waals surface area contributed by atoms with Crippen molar-refractivity contribution >= 4 is 21.4 Å². The molecule has 0 fully saturated rings. The summed E-state index contributed by atoms with van der Waals surface area (Å²) >= 11 is 4.84. The molecule has 1 aromatic carbocycles. The van der Waals surface area contributed by atoms with Crippen LogP contribution in [0.3, 0.4) is 0 Å². The highest BCUT2D eigenvalue weighted by Gasteiger charge is 2.35. The van der Waals surface area contributed by atoms with Gasteiger partial charge < -0.3 is 9.09 Å². The molecule has 27 heavy (non-hydrogen) atoms. The first-order chi connectivity index (χ1) is 12.6. The molecule has 7 nitrogen and oxygen atoms in total. The lowest BCUT2D eigenvalue weighted by atomic mass is 10.1. The summed E-state index contributed by atoms with van der Waals surface area (Å²) in [7, 11) is -1.54. The molecule has 0 aliphatic rings. The van der Waals surface area contributed by atoms with Crippen LogP contribution in [0.15, 0.2) is 41.3 Å². The highest BCUT2D eigenvalue weighted by atomic mass is 35.5. The average molecular weight is 417 g/mol. The number of sulfone groups is 1. The van der Waals surface area contributed by atoms with Crippen molar-refractivity contribution in [2.45, 2.75) is 17.6 Å². The van der Waals surface area contributed by atoms with E-state index in [0.717, 1.165) is 5.56 Å². The van der Waals surface area contributed by atoms with Crippen molar-refractivity contribution in [2.24, 2.45) is 7.05 Å². The summed E-state index contributed by atoms with van der Waals surface area (Å²) in [4.78, 5) is 7.57. The minimum absolute atomic E-state index is 0.0281. The van der Waals surface area contributed by atoms with E-state index < -0.39 is 21.1 Å². The van der Waals surface area contributed by atoms with Gasteiger partial charge in [-0.25, -0.2) is 13.4 Å². The molecule has 144 valence electrons. The summed E-state index contributed by atoms with van der Waals surface area (Å²) in [5.74, 6) is -1.17. The fourth-order valence-corrected chi connectivity index (χ4v) is 3.76. The summed E-state index contributed by atoms with van der Waals surface area (Å²) in [5.41, 5.74) is 1.72. The predicted octanol–water partition coefficient (Wildman–Crippen LogP) is 2.92. The summed E-state index contributed by atoms with van der Waals surface area (Å²) in [5, 5.41) is -0.268. The van der Waals surface area contributed by atoms with E-state index in [4.69, 9.17) is 11.6 Å². The van der Waals surface area contributed by atoms with Crippen molar-refractivity contribution in [3.8, 4) is 11.4 Å². The topological polar surface area (TPSA) is 90.9 Å². The quantitative estimate of drug-likeness (QED) is 0.550. The number of hydrogen-bond donors (Lipinski definition) is 0. The molecule has 0 saturated carbocycles. The number of nitrogens with zero attached hydrogens (tertiary/aromatic N) is 4. The zero-order valence-corrected chi connectivity index (χ0v) is 15.7. The minimum atomic E-state index is -3.73. The molecule has 0 unspecified atom stereocenters. The van der Waals surface area contributed by atoms with Crippen LogP contribution in [0.5, 0.6) is 0 Å². The molecule has 0 saturated heterocycles. The van der Waals surface area contributed by atoms with E-state index in [9.17, 15) is 17.2 Å². The standard InChI is InChI=1S/C16H15ClF2N4O3S/c1-23-8-13(20-10-23)9-27(24,25)7-6-11-2-4-12(5-3-11)14-21-15(26-22-14)16(17,18)19/h2-5,8,10H,6-7,9H2,1H3. The van der Waals surface area contributed by atoms with Gasteiger partial charge in [0, 0.05) is 18.8 Å². The van der Waals surface area contributed by atoms with E-state index in [0.29, 0.717) is 17.7 Å². The zero-order chi connectivity index (χ0) is 19.7. The molecule has 11 heteroatoms. The molecule has 0 bridgehead atoms. The van der Waals surface area contributed by atoms with Crippen molar-refractivity contribution in [3.05, 3.63) is 53.9 Å². The first kappa shape index (κ1) is 19.4. The molecule has 3 aromatic rings. The Hall–Kier alpha value is -2.33. The molecular weight excluding hydrogens is 402 g/mol. The summed E-state index contributed by atoms with van der Waals surface area (Å²) in [6.45, 7) is 0. The second kappa shape index (κ2) is 7.35. The molecule has 2 heterocycles. The number of hydrogen-bond acceptors (Lipinski definition) is 6. The number of benzene rings is 1. The Morgan fingerprint density at radius 3 is 2.52 bits per heavy atom. The second-order valence-corrected chi connectivity index (χ2v) is 8.65. The number of imidazole rings is 1. The molecule has 3 rings (SSSR count). The zero-order valence-electron chi connectivity index (χ0n) is 14.1. The average Bonchev–Trinajstić information content (AvgIpc) is 3.22. The van der Waals surface area contributed by atoms with Crippen LogP contribution in [0.4, 0.5) is 8.78 Å². The van der Waals surface area contributed by atoms with Crippen molar-refractivity contribution in [3.63, 3.8) is 0 Å². The van der Waals surface area contributed by atoms with Crippen LogP contribution in [0.2, 0.25) is 0 Å². The van der Waals surface area contributed by atoms with Gasteiger partial charge in [0.2, 0.25) is 5.82 Å². The number of halogens is 3. The number of rotatable bonds is 7. The maximum atomic E-state index is 12.9. The van der Waals surface area contributed by atoms with Gasteiger partial charge in [-0.15, -0.1) is 0 Å². The van der Waals surface area contributed by atoms with Crippen molar-refractivity contribution in [2.75, 3.05) is 5.75 Å². The van der Waals surface area contributed by atoms with E-state index in [2.05, 4.69) is 19.6 Å². The highest BCUT2D eigenvalue weighted by molar-refractivity contribution is 7.90. The lowest BCUT2D eigenvalue weighted by Gasteiger charge is -2.04. The van der Waals surface area contributed by atoms with Gasteiger partial charge in [-0.05, 0) is 23.6 Å². The number of aryl methyl sites for hydroxylation is 2. The smallest absolute Gasteiger partial charge is 0.340 e. The fourth-order valence-electron chi connectivity index (χ4n) is 2.39. The largest absolute Gasteiger partial charge is 0.400 e. The summed E-state index contributed by atoms with van der Waals surface area (Å²) in [6.07, 6.45) is 3.52. The Morgan fingerprint density at radius 1 is 1.26 bits per heavy atom. The SMILES string of the molecule is Cn1cnc(CS(=O)(=O)CCc2ccc(-c3noc(C(F)(F)Cl)n3)cc2)c1.